The summed E-state index contributed by atoms with van der Waals surface area (Å²) in [6, 6.07) is 8.72. The lowest BCUT2D eigenvalue weighted by molar-refractivity contribution is -0.385. The van der Waals surface area contributed by atoms with Gasteiger partial charge in [-0.05, 0) is 30.7 Å². The SMILES string of the molecule is COc1ccc(-c2cn3cc(C)ccc3n2)cc1[N+](=O)[O-]. The van der Waals surface area contributed by atoms with Gasteiger partial charge in [0.15, 0.2) is 5.75 Å². The Bertz CT molecular complexity index is 839. The summed E-state index contributed by atoms with van der Waals surface area (Å²) in [5.41, 5.74) is 3.22. The first-order valence-electron chi connectivity index (χ1n) is 6.36. The molecule has 2 aromatic heterocycles. The normalized spacial score (nSPS) is 10.8. The fourth-order valence-corrected chi connectivity index (χ4v) is 2.23. The molecular weight excluding hydrogens is 270 g/mol. The van der Waals surface area contributed by atoms with Crippen LogP contribution in [0, 0.1) is 17.0 Å². The summed E-state index contributed by atoms with van der Waals surface area (Å²) in [4.78, 5) is 15.1. The monoisotopic (exact) mass is 283 g/mol. The average Bonchev–Trinajstić information content (AvgIpc) is 2.89. The molecule has 3 aromatic rings. The smallest absolute Gasteiger partial charge is 0.311 e. The highest BCUT2D eigenvalue weighted by atomic mass is 16.6. The summed E-state index contributed by atoms with van der Waals surface area (Å²) in [6.07, 6.45) is 3.82. The fraction of sp³-hybridized carbons (Fsp3) is 0.133. The molecule has 0 atom stereocenters. The van der Waals surface area contributed by atoms with Gasteiger partial charge >= 0.3 is 5.69 Å². The maximum absolute atomic E-state index is 11.1. The quantitative estimate of drug-likeness (QED) is 0.546. The zero-order valence-corrected chi connectivity index (χ0v) is 11.6. The number of aromatic nitrogens is 2. The molecule has 106 valence electrons. The van der Waals surface area contributed by atoms with Crippen molar-refractivity contribution in [2.75, 3.05) is 7.11 Å². The zero-order chi connectivity index (χ0) is 15.0. The highest BCUT2D eigenvalue weighted by molar-refractivity contribution is 5.68. The number of pyridine rings is 1. The highest BCUT2D eigenvalue weighted by Crippen LogP contribution is 2.31. The van der Waals surface area contributed by atoms with Crippen LogP contribution in [0.3, 0.4) is 0 Å². The minimum absolute atomic E-state index is 0.0664. The maximum Gasteiger partial charge on any atom is 0.311 e. The van der Waals surface area contributed by atoms with Crippen molar-refractivity contribution < 1.29 is 9.66 Å². The number of fused-ring (bicyclic) bond motifs is 1. The van der Waals surface area contributed by atoms with Crippen LogP contribution in [0.2, 0.25) is 0 Å². The Morgan fingerprint density at radius 1 is 1.24 bits per heavy atom. The number of nitrogens with zero attached hydrogens (tertiary/aromatic N) is 3. The average molecular weight is 283 g/mol. The maximum atomic E-state index is 11.1. The fourth-order valence-electron chi connectivity index (χ4n) is 2.23. The summed E-state index contributed by atoms with van der Waals surface area (Å²) < 4.78 is 6.91. The largest absolute Gasteiger partial charge is 0.490 e. The van der Waals surface area contributed by atoms with E-state index in [-0.39, 0.29) is 11.4 Å². The number of ether oxygens (including phenoxy) is 1. The van der Waals surface area contributed by atoms with E-state index in [1.807, 2.05) is 35.9 Å². The van der Waals surface area contributed by atoms with Crippen molar-refractivity contribution in [2.45, 2.75) is 6.92 Å². The molecule has 3 rings (SSSR count). The van der Waals surface area contributed by atoms with Crippen molar-refractivity contribution in [1.82, 2.24) is 9.38 Å². The van der Waals surface area contributed by atoms with Gasteiger partial charge in [-0.15, -0.1) is 0 Å². The molecule has 6 heteroatoms. The van der Waals surface area contributed by atoms with E-state index >= 15 is 0 Å². The van der Waals surface area contributed by atoms with E-state index in [1.54, 1.807) is 12.1 Å². The first-order chi connectivity index (χ1) is 10.1. The van der Waals surface area contributed by atoms with Crippen LogP contribution < -0.4 is 4.74 Å². The Hall–Kier alpha value is -2.89. The number of hydrogen-bond donors (Lipinski definition) is 0. The van der Waals surface area contributed by atoms with Crippen molar-refractivity contribution in [1.29, 1.82) is 0 Å². The number of hydrogen-bond acceptors (Lipinski definition) is 4. The molecule has 0 unspecified atom stereocenters. The molecule has 0 radical (unpaired) electrons. The molecular formula is C15H13N3O3. The van der Waals surface area contributed by atoms with Crippen molar-refractivity contribution >= 4 is 11.3 Å². The number of imidazole rings is 1. The number of nitro benzene ring substituents is 1. The van der Waals surface area contributed by atoms with Crippen LogP contribution >= 0.6 is 0 Å². The van der Waals surface area contributed by atoms with Crippen LogP contribution in [-0.2, 0) is 0 Å². The lowest BCUT2D eigenvalue weighted by Gasteiger charge is -2.02. The summed E-state index contributed by atoms with van der Waals surface area (Å²) in [5.74, 6) is 0.239. The van der Waals surface area contributed by atoms with Crippen LogP contribution in [0.15, 0.2) is 42.7 Å². The molecule has 0 saturated heterocycles. The predicted molar refractivity (Wildman–Crippen MR) is 78.6 cm³/mol. The molecule has 0 bridgehead atoms. The minimum atomic E-state index is -0.456. The van der Waals surface area contributed by atoms with Crippen molar-refractivity contribution in [3.8, 4) is 17.0 Å². The number of nitro groups is 1. The first-order valence-corrected chi connectivity index (χ1v) is 6.36. The molecule has 0 aliphatic rings. The van der Waals surface area contributed by atoms with Crippen LogP contribution in [0.5, 0.6) is 5.75 Å². The predicted octanol–water partition coefficient (Wildman–Crippen LogP) is 3.23. The van der Waals surface area contributed by atoms with E-state index in [1.165, 1.54) is 13.2 Å². The van der Waals surface area contributed by atoms with Crippen molar-refractivity contribution in [2.24, 2.45) is 0 Å². The first kappa shape index (κ1) is 13.1. The van der Waals surface area contributed by atoms with Crippen LogP contribution in [-0.4, -0.2) is 21.4 Å². The van der Waals surface area contributed by atoms with E-state index in [4.69, 9.17) is 4.74 Å². The molecule has 0 fully saturated rings. The van der Waals surface area contributed by atoms with Gasteiger partial charge in [0, 0.05) is 24.0 Å². The topological polar surface area (TPSA) is 69.7 Å². The van der Waals surface area contributed by atoms with Crippen molar-refractivity contribution in [3.05, 3.63) is 58.4 Å². The van der Waals surface area contributed by atoms with Gasteiger partial charge in [0.05, 0.1) is 17.7 Å². The molecule has 0 spiro atoms. The van der Waals surface area contributed by atoms with Gasteiger partial charge in [0.2, 0.25) is 0 Å². The van der Waals surface area contributed by atoms with E-state index < -0.39 is 4.92 Å². The Labute approximate surface area is 120 Å². The summed E-state index contributed by atoms with van der Waals surface area (Å²) >= 11 is 0. The lowest BCUT2D eigenvalue weighted by Crippen LogP contribution is -1.94. The van der Waals surface area contributed by atoms with E-state index in [9.17, 15) is 10.1 Å². The van der Waals surface area contributed by atoms with Gasteiger partial charge in [-0.2, -0.15) is 0 Å². The highest BCUT2D eigenvalue weighted by Gasteiger charge is 2.17. The lowest BCUT2D eigenvalue weighted by atomic mass is 10.1. The Balaban J connectivity index is 2.13. The molecule has 0 amide bonds. The van der Waals surface area contributed by atoms with Gasteiger partial charge in [-0.25, -0.2) is 4.98 Å². The molecule has 0 saturated carbocycles. The van der Waals surface area contributed by atoms with Gasteiger partial charge in [0.1, 0.15) is 5.65 Å². The van der Waals surface area contributed by atoms with Gasteiger partial charge in [0.25, 0.3) is 0 Å². The van der Waals surface area contributed by atoms with Crippen LogP contribution in [0.4, 0.5) is 5.69 Å². The molecule has 6 nitrogen and oxygen atoms in total. The molecule has 1 aromatic carbocycles. The van der Waals surface area contributed by atoms with Gasteiger partial charge < -0.3 is 9.14 Å². The molecule has 21 heavy (non-hydrogen) atoms. The number of benzene rings is 1. The molecule has 2 heterocycles. The minimum Gasteiger partial charge on any atom is -0.490 e. The Kier molecular flexibility index (Phi) is 3.06. The second-order valence-electron chi connectivity index (χ2n) is 4.74. The second-order valence-corrected chi connectivity index (χ2v) is 4.74. The zero-order valence-electron chi connectivity index (χ0n) is 11.6. The molecule has 0 N–H and O–H groups in total. The standard InChI is InChI=1S/C15H13N3O3/c1-10-3-6-15-16-12(9-17(15)8-10)11-4-5-14(21-2)13(7-11)18(19)20/h3-9H,1-2H3. The Morgan fingerprint density at radius 3 is 2.76 bits per heavy atom. The second kappa shape index (κ2) is 4.90. The van der Waals surface area contributed by atoms with Crippen molar-refractivity contribution in [3.63, 3.8) is 0 Å². The summed E-state index contributed by atoms with van der Waals surface area (Å²) in [7, 11) is 1.41. The summed E-state index contributed by atoms with van der Waals surface area (Å²) in [6.45, 7) is 2.00. The molecule has 0 aliphatic carbocycles. The van der Waals surface area contributed by atoms with E-state index in [0.717, 1.165) is 11.2 Å². The number of rotatable bonds is 3. The Morgan fingerprint density at radius 2 is 2.05 bits per heavy atom. The summed E-state index contributed by atoms with van der Waals surface area (Å²) in [5, 5.41) is 11.1. The van der Waals surface area contributed by atoms with E-state index in [0.29, 0.717) is 11.3 Å². The number of aryl methyl sites for hydroxylation is 1. The van der Waals surface area contributed by atoms with E-state index in [2.05, 4.69) is 4.98 Å². The third-order valence-electron chi connectivity index (χ3n) is 3.27. The third-order valence-corrected chi connectivity index (χ3v) is 3.27. The number of methoxy groups -OCH3 is 1. The van der Waals surface area contributed by atoms with Crippen LogP contribution in [0.25, 0.3) is 16.9 Å². The van der Waals surface area contributed by atoms with Crippen LogP contribution in [0.1, 0.15) is 5.56 Å². The van der Waals surface area contributed by atoms with Gasteiger partial charge in [-0.1, -0.05) is 6.07 Å². The molecule has 0 aliphatic heterocycles. The van der Waals surface area contributed by atoms with Gasteiger partial charge in [-0.3, -0.25) is 10.1 Å². The third kappa shape index (κ3) is 2.31.